The molecule has 0 radical (unpaired) electrons. The SMILES string of the molecule is COC(=O)c1ccccc1NC(=O)C(=O)Nc1ccc2nc[nH]c2c1. The molecule has 25 heavy (non-hydrogen) atoms. The van der Waals surface area contributed by atoms with Crippen molar-refractivity contribution in [1.29, 1.82) is 0 Å². The maximum Gasteiger partial charge on any atom is 0.339 e. The van der Waals surface area contributed by atoms with Crippen LogP contribution in [0.2, 0.25) is 0 Å². The van der Waals surface area contributed by atoms with Crippen molar-refractivity contribution in [1.82, 2.24) is 9.97 Å². The van der Waals surface area contributed by atoms with Crippen molar-refractivity contribution in [2.24, 2.45) is 0 Å². The first-order valence-corrected chi connectivity index (χ1v) is 7.31. The second kappa shape index (κ2) is 6.83. The van der Waals surface area contributed by atoms with Gasteiger partial charge in [-0.2, -0.15) is 0 Å². The average Bonchev–Trinajstić information content (AvgIpc) is 3.09. The first-order chi connectivity index (χ1) is 12.1. The van der Waals surface area contributed by atoms with Gasteiger partial charge >= 0.3 is 17.8 Å². The summed E-state index contributed by atoms with van der Waals surface area (Å²) in [5.41, 5.74) is 2.27. The molecule has 3 aromatic rings. The van der Waals surface area contributed by atoms with E-state index >= 15 is 0 Å². The third kappa shape index (κ3) is 3.47. The molecule has 3 N–H and O–H groups in total. The highest BCUT2D eigenvalue weighted by atomic mass is 16.5. The zero-order valence-electron chi connectivity index (χ0n) is 13.2. The first kappa shape index (κ1) is 16.2. The summed E-state index contributed by atoms with van der Waals surface area (Å²) in [5, 5.41) is 4.90. The zero-order chi connectivity index (χ0) is 17.8. The Bertz CT molecular complexity index is 964. The number of amides is 2. The van der Waals surface area contributed by atoms with Crippen LogP contribution in [0.15, 0.2) is 48.8 Å². The number of nitrogens with zero attached hydrogens (tertiary/aromatic N) is 1. The third-order valence-corrected chi connectivity index (χ3v) is 3.46. The Morgan fingerprint density at radius 1 is 1.04 bits per heavy atom. The van der Waals surface area contributed by atoms with E-state index < -0.39 is 17.8 Å². The number of nitrogens with one attached hydrogen (secondary N) is 3. The third-order valence-electron chi connectivity index (χ3n) is 3.46. The molecule has 0 aliphatic rings. The topological polar surface area (TPSA) is 113 Å². The monoisotopic (exact) mass is 338 g/mol. The van der Waals surface area contributed by atoms with Crippen LogP contribution in [0.5, 0.6) is 0 Å². The highest BCUT2D eigenvalue weighted by Crippen LogP contribution is 2.17. The van der Waals surface area contributed by atoms with Crippen LogP contribution >= 0.6 is 0 Å². The second-order valence-electron chi connectivity index (χ2n) is 5.08. The molecular formula is C17H14N4O4. The fourth-order valence-electron chi connectivity index (χ4n) is 2.26. The number of anilines is 2. The standard InChI is InChI=1S/C17H14N4O4/c1-25-17(24)11-4-2-3-5-12(11)21-16(23)15(22)20-10-6-7-13-14(8-10)19-9-18-13/h2-9H,1H3,(H,18,19)(H,20,22)(H,21,23). The number of carbonyl (C=O) groups is 3. The van der Waals surface area contributed by atoms with E-state index in [1.165, 1.54) is 25.6 Å². The molecule has 8 nitrogen and oxygen atoms in total. The quantitative estimate of drug-likeness (QED) is 0.499. The van der Waals surface area contributed by atoms with Gasteiger partial charge in [-0.25, -0.2) is 9.78 Å². The number of aromatic amines is 1. The molecule has 0 aliphatic heterocycles. The predicted molar refractivity (Wildman–Crippen MR) is 91.1 cm³/mol. The molecule has 3 rings (SSSR count). The van der Waals surface area contributed by atoms with Crippen LogP contribution < -0.4 is 10.6 Å². The maximum absolute atomic E-state index is 12.1. The number of ether oxygens (including phenoxy) is 1. The van der Waals surface area contributed by atoms with E-state index in [0.717, 1.165) is 11.0 Å². The molecule has 126 valence electrons. The Labute approximate surface area is 142 Å². The molecule has 1 aromatic heterocycles. The zero-order valence-corrected chi connectivity index (χ0v) is 13.2. The van der Waals surface area contributed by atoms with E-state index in [9.17, 15) is 14.4 Å². The number of esters is 1. The lowest BCUT2D eigenvalue weighted by molar-refractivity contribution is -0.133. The van der Waals surface area contributed by atoms with Crippen LogP contribution in [0.3, 0.4) is 0 Å². The number of hydrogen-bond donors (Lipinski definition) is 3. The minimum absolute atomic E-state index is 0.157. The van der Waals surface area contributed by atoms with E-state index in [1.807, 2.05) is 0 Å². The number of H-pyrrole nitrogens is 1. The van der Waals surface area contributed by atoms with Gasteiger partial charge in [0.2, 0.25) is 0 Å². The summed E-state index contributed by atoms with van der Waals surface area (Å²) >= 11 is 0. The summed E-state index contributed by atoms with van der Waals surface area (Å²) < 4.78 is 4.65. The van der Waals surface area contributed by atoms with E-state index in [2.05, 4.69) is 25.3 Å². The van der Waals surface area contributed by atoms with Crippen LogP contribution in [0.4, 0.5) is 11.4 Å². The number of hydrogen-bond acceptors (Lipinski definition) is 5. The normalized spacial score (nSPS) is 10.3. The molecule has 0 saturated heterocycles. The number of para-hydroxylation sites is 1. The number of carbonyl (C=O) groups excluding carboxylic acids is 3. The van der Waals surface area contributed by atoms with Crippen LogP contribution in [-0.2, 0) is 14.3 Å². The number of imidazole rings is 1. The summed E-state index contributed by atoms with van der Waals surface area (Å²) in [7, 11) is 1.24. The largest absolute Gasteiger partial charge is 0.465 e. The Kier molecular flexibility index (Phi) is 4.42. The molecule has 0 fully saturated rings. The minimum Gasteiger partial charge on any atom is -0.465 e. The Hall–Kier alpha value is -3.68. The summed E-state index contributed by atoms with van der Waals surface area (Å²) in [6.07, 6.45) is 1.53. The van der Waals surface area contributed by atoms with Gasteiger partial charge in [0.05, 0.1) is 35.7 Å². The van der Waals surface area contributed by atoms with E-state index in [-0.39, 0.29) is 11.3 Å². The summed E-state index contributed by atoms with van der Waals surface area (Å²) in [4.78, 5) is 42.9. The van der Waals surface area contributed by atoms with Crippen molar-refractivity contribution in [3.05, 3.63) is 54.4 Å². The molecule has 0 atom stereocenters. The molecule has 0 bridgehead atoms. The average molecular weight is 338 g/mol. The van der Waals surface area contributed by atoms with Crippen LogP contribution in [0.25, 0.3) is 11.0 Å². The lowest BCUT2D eigenvalue weighted by Crippen LogP contribution is -2.29. The van der Waals surface area contributed by atoms with Gasteiger partial charge in [-0.05, 0) is 30.3 Å². The highest BCUT2D eigenvalue weighted by Gasteiger charge is 2.18. The van der Waals surface area contributed by atoms with Crippen LogP contribution in [-0.4, -0.2) is 34.9 Å². The lowest BCUT2D eigenvalue weighted by atomic mass is 10.2. The van der Waals surface area contributed by atoms with Crippen molar-refractivity contribution in [3.63, 3.8) is 0 Å². The minimum atomic E-state index is -0.902. The Balaban J connectivity index is 1.73. The number of benzene rings is 2. The molecule has 2 aromatic carbocycles. The number of methoxy groups -OCH3 is 1. The van der Waals surface area contributed by atoms with Gasteiger partial charge in [0.1, 0.15) is 0 Å². The summed E-state index contributed by atoms with van der Waals surface area (Å²) in [5.74, 6) is -2.37. The van der Waals surface area contributed by atoms with Gasteiger partial charge in [0.25, 0.3) is 0 Å². The van der Waals surface area contributed by atoms with Crippen molar-refractivity contribution < 1.29 is 19.1 Å². The van der Waals surface area contributed by atoms with E-state index in [0.29, 0.717) is 5.69 Å². The molecule has 0 spiro atoms. The van der Waals surface area contributed by atoms with E-state index in [4.69, 9.17) is 0 Å². The van der Waals surface area contributed by atoms with Crippen LogP contribution in [0, 0.1) is 0 Å². The smallest absolute Gasteiger partial charge is 0.339 e. The van der Waals surface area contributed by atoms with Gasteiger partial charge in [-0.15, -0.1) is 0 Å². The molecule has 2 amide bonds. The molecule has 8 heteroatoms. The van der Waals surface area contributed by atoms with Gasteiger partial charge in [0.15, 0.2) is 0 Å². The van der Waals surface area contributed by atoms with Crippen molar-refractivity contribution >= 4 is 40.2 Å². The van der Waals surface area contributed by atoms with Gasteiger partial charge in [-0.3, -0.25) is 9.59 Å². The molecule has 0 saturated carbocycles. The number of rotatable bonds is 3. The molecule has 0 aliphatic carbocycles. The molecule has 1 heterocycles. The summed E-state index contributed by atoms with van der Waals surface area (Å²) in [6, 6.07) is 11.3. The van der Waals surface area contributed by atoms with Gasteiger partial charge < -0.3 is 20.4 Å². The fraction of sp³-hybridized carbons (Fsp3) is 0.0588. The first-order valence-electron chi connectivity index (χ1n) is 7.31. The maximum atomic E-state index is 12.1. The van der Waals surface area contributed by atoms with Crippen molar-refractivity contribution in [2.45, 2.75) is 0 Å². The van der Waals surface area contributed by atoms with Gasteiger partial charge in [-0.1, -0.05) is 12.1 Å². The Morgan fingerprint density at radius 2 is 1.80 bits per heavy atom. The molecule has 0 unspecified atom stereocenters. The summed E-state index contributed by atoms with van der Waals surface area (Å²) in [6.45, 7) is 0. The van der Waals surface area contributed by atoms with E-state index in [1.54, 1.807) is 30.3 Å². The van der Waals surface area contributed by atoms with Crippen molar-refractivity contribution in [3.8, 4) is 0 Å². The lowest BCUT2D eigenvalue weighted by Gasteiger charge is -2.09. The van der Waals surface area contributed by atoms with Crippen molar-refractivity contribution in [2.75, 3.05) is 17.7 Å². The number of aromatic nitrogens is 2. The highest BCUT2D eigenvalue weighted by molar-refractivity contribution is 6.44. The number of fused-ring (bicyclic) bond motifs is 1. The predicted octanol–water partition coefficient (Wildman–Crippen LogP) is 1.93. The van der Waals surface area contributed by atoms with Gasteiger partial charge in [0, 0.05) is 5.69 Å². The Morgan fingerprint density at radius 3 is 2.60 bits per heavy atom. The molecular weight excluding hydrogens is 324 g/mol. The second-order valence-corrected chi connectivity index (χ2v) is 5.08. The fourth-order valence-corrected chi connectivity index (χ4v) is 2.26. The van der Waals surface area contributed by atoms with Crippen LogP contribution in [0.1, 0.15) is 10.4 Å².